The van der Waals surface area contributed by atoms with Gasteiger partial charge in [0.05, 0.1) is 0 Å². The molecule has 4 heteroatoms. The van der Waals surface area contributed by atoms with Crippen molar-refractivity contribution in [3.63, 3.8) is 0 Å². The molecule has 2 fully saturated rings. The Kier molecular flexibility index (Phi) is 2.97. The molecule has 1 amide bonds. The number of hydrogen-bond acceptors (Lipinski definition) is 3. The SMILES string of the molecule is CC1=NC2(CCN(C3CCC(C)(C)C3)CC2)C(=O)N1. The zero-order valence-electron chi connectivity index (χ0n) is 12.3. The molecular formula is C15H25N3O. The molecule has 1 atom stereocenters. The second-order valence-corrected chi connectivity index (χ2v) is 7.28. The molecule has 106 valence electrons. The van der Waals surface area contributed by atoms with Crippen LogP contribution in [0, 0.1) is 5.41 Å². The first-order valence-electron chi connectivity index (χ1n) is 7.52. The minimum absolute atomic E-state index is 0.122. The number of carbonyl (C=O) groups is 1. The number of hydrogen-bond donors (Lipinski definition) is 1. The van der Waals surface area contributed by atoms with Gasteiger partial charge in [0.2, 0.25) is 0 Å². The molecule has 0 aromatic heterocycles. The van der Waals surface area contributed by atoms with Crippen LogP contribution in [0.1, 0.15) is 52.9 Å². The molecule has 1 unspecified atom stereocenters. The zero-order chi connectivity index (χ0) is 13.7. The van der Waals surface area contributed by atoms with Gasteiger partial charge < -0.3 is 10.2 Å². The van der Waals surface area contributed by atoms with Crippen molar-refractivity contribution in [1.29, 1.82) is 0 Å². The van der Waals surface area contributed by atoms with E-state index < -0.39 is 5.54 Å². The second kappa shape index (κ2) is 4.30. The summed E-state index contributed by atoms with van der Waals surface area (Å²) in [5.41, 5.74) is 0.0635. The van der Waals surface area contributed by atoms with Crippen molar-refractivity contribution in [3.8, 4) is 0 Å². The molecule has 0 aromatic rings. The highest BCUT2D eigenvalue weighted by atomic mass is 16.2. The second-order valence-electron chi connectivity index (χ2n) is 7.28. The van der Waals surface area contributed by atoms with Crippen LogP contribution in [0.3, 0.4) is 0 Å². The average Bonchev–Trinajstić information content (AvgIpc) is 2.82. The summed E-state index contributed by atoms with van der Waals surface area (Å²) >= 11 is 0. The fourth-order valence-corrected chi connectivity index (χ4v) is 3.99. The van der Waals surface area contributed by atoms with Crippen LogP contribution in [-0.2, 0) is 4.79 Å². The molecule has 1 spiro atoms. The Morgan fingerprint density at radius 2 is 1.95 bits per heavy atom. The summed E-state index contributed by atoms with van der Waals surface area (Å²) < 4.78 is 0. The van der Waals surface area contributed by atoms with Crippen molar-refractivity contribution in [2.24, 2.45) is 10.4 Å². The van der Waals surface area contributed by atoms with Crippen LogP contribution in [-0.4, -0.2) is 41.3 Å². The van der Waals surface area contributed by atoms with E-state index in [1.807, 2.05) is 6.92 Å². The lowest BCUT2D eigenvalue weighted by molar-refractivity contribution is -0.125. The highest BCUT2D eigenvalue weighted by Crippen LogP contribution is 2.41. The smallest absolute Gasteiger partial charge is 0.253 e. The lowest BCUT2D eigenvalue weighted by Gasteiger charge is -2.39. The number of amidine groups is 1. The van der Waals surface area contributed by atoms with Crippen molar-refractivity contribution in [2.75, 3.05) is 13.1 Å². The molecule has 1 saturated carbocycles. The third kappa shape index (κ3) is 2.31. The van der Waals surface area contributed by atoms with Gasteiger partial charge in [-0.25, -0.2) is 0 Å². The molecule has 1 saturated heterocycles. The number of nitrogens with one attached hydrogen (secondary N) is 1. The molecule has 0 bridgehead atoms. The number of piperidine rings is 1. The van der Waals surface area contributed by atoms with E-state index in [9.17, 15) is 4.79 Å². The topological polar surface area (TPSA) is 44.7 Å². The van der Waals surface area contributed by atoms with Gasteiger partial charge in [-0.1, -0.05) is 13.8 Å². The fraction of sp³-hybridized carbons (Fsp3) is 0.867. The van der Waals surface area contributed by atoms with Gasteiger partial charge in [-0.3, -0.25) is 9.79 Å². The molecule has 1 N–H and O–H groups in total. The predicted octanol–water partition coefficient (Wildman–Crippen LogP) is 1.95. The minimum atomic E-state index is -0.436. The molecule has 4 nitrogen and oxygen atoms in total. The molecule has 3 aliphatic rings. The van der Waals surface area contributed by atoms with Crippen molar-refractivity contribution in [3.05, 3.63) is 0 Å². The Morgan fingerprint density at radius 1 is 1.26 bits per heavy atom. The average molecular weight is 263 g/mol. The molecule has 19 heavy (non-hydrogen) atoms. The number of amides is 1. The van der Waals surface area contributed by atoms with Gasteiger partial charge in [-0.05, 0) is 44.4 Å². The van der Waals surface area contributed by atoms with E-state index in [1.165, 1.54) is 19.3 Å². The maximum atomic E-state index is 12.0. The Labute approximate surface area is 115 Å². The summed E-state index contributed by atoms with van der Waals surface area (Å²) in [6.07, 6.45) is 5.71. The summed E-state index contributed by atoms with van der Waals surface area (Å²) in [7, 11) is 0. The van der Waals surface area contributed by atoms with E-state index >= 15 is 0 Å². The number of aliphatic imine (C=N–C) groups is 1. The van der Waals surface area contributed by atoms with Gasteiger partial charge in [0.15, 0.2) is 0 Å². The Balaban J connectivity index is 1.63. The van der Waals surface area contributed by atoms with E-state index in [2.05, 4.69) is 29.1 Å². The summed E-state index contributed by atoms with van der Waals surface area (Å²) in [5.74, 6) is 0.914. The lowest BCUT2D eigenvalue weighted by Crippen LogP contribution is -2.51. The highest BCUT2D eigenvalue weighted by molar-refractivity contribution is 6.07. The summed E-state index contributed by atoms with van der Waals surface area (Å²) in [6, 6.07) is 0.724. The number of carbonyl (C=O) groups excluding carboxylic acids is 1. The normalized spacial score (nSPS) is 33.5. The standard InChI is InChI=1S/C15H25N3O/c1-11-16-13(19)15(17-11)6-8-18(9-7-15)12-4-5-14(2,3)10-12/h12H,4-10H2,1-3H3,(H,16,17,19). The maximum absolute atomic E-state index is 12.0. The van der Waals surface area contributed by atoms with Crippen LogP contribution in [0.2, 0.25) is 0 Å². The van der Waals surface area contributed by atoms with Gasteiger partial charge in [0, 0.05) is 19.1 Å². The van der Waals surface area contributed by atoms with Gasteiger partial charge >= 0.3 is 0 Å². The first-order valence-corrected chi connectivity index (χ1v) is 7.52. The van der Waals surface area contributed by atoms with Gasteiger partial charge in [-0.15, -0.1) is 0 Å². The number of nitrogens with zero attached hydrogens (tertiary/aromatic N) is 2. The predicted molar refractivity (Wildman–Crippen MR) is 76.2 cm³/mol. The van der Waals surface area contributed by atoms with Crippen LogP contribution in [0.15, 0.2) is 4.99 Å². The summed E-state index contributed by atoms with van der Waals surface area (Å²) in [4.78, 5) is 19.2. The quantitative estimate of drug-likeness (QED) is 0.786. The molecular weight excluding hydrogens is 238 g/mol. The minimum Gasteiger partial charge on any atom is -0.313 e. The van der Waals surface area contributed by atoms with Gasteiger partial charge in [0.25, 0.3) is 5.91 Å². The van der Waals surface area contributed by atoms with E-state index in [1.54, 1.807) is 0 Å². The molecule has 0 radical (unpaired) electrons. The fourth-order valence-electron chi connectivity index (χ4n) is 3.99. The van der Waals surface area contributed by atoms with Crippen molar-refractivity contribution in [2.45, 2.75) is 64.5 Å². The third-order valence-electron chi connectivity index (χ3n) is 5.18. The number of likely N-dealkylation sites (tertiary alicyclic amines) is 1. The summed E-state index contributed by atoms with van der Waals surface area (Å²) in [5, 5.41) is 2.87. The maximum Gasteiger partial charge on any atom is 0.253 e. The first kappa shape index (κ1) is 13.1. The van der Waals surface area contributed by atoms with Crippen molar-refractivity contribution >= 4 is 11.7 Å². The van der Waals surface area contributed by atoms with E-state index in [4.69, 9.17) is 0 Å². The van der Waals surface area contributed by atoms with Gasteiger partial charge in [-0.2, -0.15) is 0 Å². The largest absolute Gasteiger partial charge is 0.313 e. The monoisotopic (exact) mass is 263 g/mol. The van der Waals surface area contributed by atoms with Crippen LogP contribution in [0.4, 0.5) is 0 Å². The van der Waals surface area contributed by atoms with Crippen LogP contribution in [0.25, 0.3) is 0 Å². The van der Waals surface area contributed by atoms with Gasteiger partial charge in [0.1, 0.15) is 11.4 Å². The van der Waals surface area contributed by atoms with Crippen molar-refractivity contribution in [1.82, 2.24) is 10.2 Å². The summed E-state index contributed by atoms with van der Waals surface area (Å²) in [6.45, 7) is 8.67. The Morgan fingerprint density at radius 3 is 2.42 bits per heavy atom. The Bertz CT molecular complexity index is 419. The van der Waals surface area contributed by atoms with Crippen molar-refractivity contribution < 1.29 is 4.79 Å². The third-order valence-corrected chi connectivity index (χ3v) is 5.18. The van der Waals surface area contributed by atoms with Crippen LogP contribution in [0.5, 0.6) is 0 Å². The lowest BCUT2D eigenvalue weighted by atomic mass is 9.86. The van der Waals surface area contributed by atoms with E-state index in [-0.39, 0.29) is 5.91 Å². The molecule has 1 aliphatic carbocycles. The molecule has 2 heterocycles. The molecule has 0 aromatic carbocycles. The van der Waals surface area contributed by atoms with Crippen LogP contribution < -0.4 is 5.32 Å². The Hall–Kier alpha value is -0.900. The number of rotatable bonds is 1. The molecule has 2 aliphatic heterocycles. The highest BCUT2D eigenvalue weighted by Gasteiger charge is 2.46. The van der Waals surface area contributed by atoms with E-state index in [0.29, 0.717) is 5.41 Å². The van der Waals surface area contributed by atoms with E-state index in [0.717, 1.165) is 37.8 Å². The molecule has 3 rings (SSSR count). The first-order chi connectivity index (χ1) is 8.90. The zero-order valence-corrected chi connectivity index (χ0v) is 12.3. The van der Waals surface area contributed by atoms with Crippen LogP contribution >= 0.6 is 0 Å².